The Bertz CT molecular complexity index is 776. The lowest BCUT2D eigenvalue weighted by atomic mass is 10.0. The zero-order valence-corrected chi connectivity index (χ0v) is 15.3. The van der Waals surface area contributed by atoms with Crippen molar-refractivity contribution < 1.29 is 19.0 Å². The van der Waals surface area contributed by atoms with Crippen LogP contribution in [0.15, 0.2) is 47.6 Å². The monoisotopic (exact) mass is 356 g/mol. The first kappa shape index (κ1) is 18.1. The van der Waals surface area contributed by atoms with Crippen molar-refractivity contribution >= 4 is 5.71 Å². The van der Waals surface area contributed by atoms with Crippen LogP contribution in [-0.4, -0.2) is 39.7 Å². The summed E-state index contributed by atoms with van der Waals surface area (Å²) in [7, 11) is 4.92. The van der Waals surface area contributed by atoms with Crippen LogP contribution >= 0.6 is 0 Å². The molecule has 138 valence electrons. The Kier molecular flexibility index (Phi) is 5.96. The predicted octanol–water partition coefficient (Wildman–Crippen LogP) is 3.00. The van der Waals surface area contributed by atoms with Crippen molar-refractivity contribution in [2.45, 2.75) is 19.1 Å². The molecular weight excluding hydrogens is 332 g/mol. The Balaban J connectivity index is 1.52. The minimum Gasteiger partial charge on any atom is -0.497 e. The van der Waals surface area contributed by atoms with Gasteiger partial charge in [0.15, 0.2) is 11.5 Å². The molecule has 1 atom stereocenters. The molecule has 1 heterocycles. The maximum Gasteiger partial charge on any atom is 0.161 e. The van der Waals surface area contributed by atoms with Gasteiger partial charge in [0.25, 0.3) is 0 Å². The summed E-state index contributed by atoms with van der Waals surface area (Å²) in [5.41, 5.74) is 3.07. The van der Waals surface area contributed by atoms with E-state index in [1.165, 1.54) is 5.56 Å². The van der Waals surface area contributed by atoms with E-state index < -0.39 is 0 Å². The summed E-state index contributed by atoms with van der Waals surface area (Å²) in [4.78, 5) is 5.56. The summed E-state index contributed by atoms with van der Waals surface area (Å²) in [6.07, 6.45) is 0.768. The number of hydrogen-bond donors (Lipinski definition) is 1. The van der Waals surface area contributed by atoms with Gasteiger partial charge in [0.1, 0.15) is 11.9 Å². The number of oxime groups is 1. The van der Waals surface area contributed by atoms with Crippen LogP contribution in [0.2, 0.25) is 0 Å². The van der Waals surface area contributed by atoms with Gasteiger partial charge in [-0.25, -0.2) is 0 Å². The van der Waals surface area contributed by atoms with Gasteiger partial charge in [0.2, 0.25) is 0 Å². The topological polar surface area (TPSA) is 61.3 Å². The molecule has 3 rings (SSSR count). The molecule has 0 saturated heterocycles. The normalized spacial score (nSPS) is 16.0. The Hall–Kier alpha value is -2.73. The van der Waals surface area contributed by atoms with Crippen LogP contribution in [0.5, 0.6) is 17.2 Å². The number of benzene rings is 2. The molecule has 6 heteroatoms. The standard InChI is InChI=1S/C20H24N2O4/c1-23-16-6-4-5-14(9-16)12-21-13-17-11-18(22-26-17)15-7-8-19(24-2)20(10-15)25-3/h4-10,17,21H,11-13H2,1-3H3. The van der Waals surface area contributed by atoms with E-state index in [1.54, 1.807) is 21.3 Å². The smallest absolute Gasteiger partial charge is 0.161 e. The summed E-state index contributed by atoms with van der Waals surface area (Å²) in [5.74, 6) is 2.25. The van der Waals surface area contributed by atoms with Gasteiger partial charge in [-0.1, -0.05) is 17.3 Å². The SMILES string of the molecule is COc1cccc(CNCC2CC(c3ccc(OC)c(OC)c3)=NO2)c1. The second-order valence-electron chi connectivity index (χ2n) is 6.02. The molecule has 0 spiro atoms. The van der Waals surface area contributed by atoms with Gasteiger partial charge in [-0.05, 0) is 35.9 Å². The number of nitrogens with one attached hydrogen (secondary N) is 1. The van der Waals surface area contributed by atoms with Gasteiger partial charge in [-0.3, -0.25) is 0 Å². The van der Waals surface area contributed by atoms with Crippen molar-refractivity contribution in [1.82, 2.24) is 5.32 Å². The summed E-state index contributed by atoms with van der Waals surface area (Å²) in [6, 6.07) is 13.8. The van der Waals surface area contributed by atoms with Gasteiger partial charge in [0.05, 0.1) is 27.0 Å². The molecule has 26 heavy (non-hydrogen) atoms. The molecule has 6 nitrogen and oxygen atoms in total. The number of ether oxygens (including phenoxy) is 3. The largest absolute Gasteiger partial charge is 0.497 e. The Morgan fingerprint density at radius 3 is 2.65 bits per heavy atom. The molecule has 0 saturated carbocycles. The summed E-state index contributed by atoms with van der Waals surface area (Å²) >= 11 is 0. The molecule has 2 aromatic rings. The molecule has 0 bridgehead atoms. The van der Waals surface area contributed by atoms with Gasteiger partial charge >= 0.3 is 0 Å². The Labute approximate surface area is 153 Å². The van der Waals surface area contributed by atoms with Crippen molar-refractivity contribution in [2.75, 3.05) is 27.9 Å². The highest BCUT2D eigenvalue weighted by molar-refractivity contribution is 6.01. The van der Waals surface area contributed by atoms with Crippen molar-refractivity contribution in [1.29, 1.82) is 0 Å². The van der Waals surface area contributed by atoms with Crippen LogP contribution in [-0.2, 0) is 11.4 Å². The lowest BCUT2D eigenvalue weighted by Gasteiger charge is -2.11. The van der Waals surface area contributed by atoms with E-state index in [-0.39, 0.29) is 6.10 Å². The molecule has 1 N–H and O–H groups in total. The van der Waals surface area contributed by atoms with Crippen LogP contribution in [0.4, 0.5) is 0 Å². The van der Waals surface area contributed by atoms with E-state index >= 15 is 0 Å². The number of methoxy groups -OCH3 is 3. The first-order chi connectivity index (χ1) is 12.7. The summed E-state index contributed by atoms with van der Waals surface area (Å²) in [5, 5.41) is 7.64. The molecule has 1 aliphatic heterocycles. The van der Waals surface area contributed by atoms with Crippen molar-refractivity contribution in [3.05, 3.63) is 53.6 Å². The molecule has 1 unspecified atom stereocenters. The average Bonchev–Trinajstić information content (AvgIpc) is 3.16. The van der Waals surface area contributed by atoms with Crippen LogP contribution < -0.4 is 19.5 Å². The van der Waals surface area contributed by atoms with Crippen LogP contribution in [0, 0.1) is 0 Å². The summed E-state index contributed by atoms with van der Waals surface area (Å²) < 4.78 is 15.9. The highest BCUT2D eigenvalue weighted by Crippen LogP contribution is 2.29. The Morgan fingerprint density at radius 1 is 1.04 bits per heavy atom. The van der Waals surface area contributed by atoms with E-state index in [4.69, 9.17) is 19.0 Å². The third-order valence-electron chi connectivity index (χ3n) is 4.29. The lowest BCUT2D eigenvalue weighted by molar-refractivity contribution is 0.0848. The fourth-order valence-corrected chi connectivity index (χ4v) is 2.88. The maximum absolute atomic E-state index is 5.56. The van der Waals surface area contributed by atoms with Gasteiger partial charge in [-0.2, -0.15) is 0 Å². The van der Waals surface area contributed by atoms with Crippen molar-refractivity contribution in [3.63, 3.8) is 0 Å². The van der Waals surface area contributed by atoms with Gasteiger partial charge in [0, 0.05) is 25.1 Å². The molecule has 0 aromatic heterocycles. The minimum atomic E-state index is 0.0173. The third-order valence-corrected chi connectivity index (χ3v) is 4.29. The first-order valence-corrected chi connectivity index (χ1v) is 8.52. The molecule has 0 fully saturated rings. The number of hydrogen-bond acceptors (Lipinski definition) is 6. The van der Waals surface area contributed by atoms with E-state index in [0.29, 0.717) is 11.5 Å². The van der Waals surface area contributed by atoms with Gasteiger partial charge < -0.3 is 24.4 Å². The number of nitrogens with zero attached hydrogens (tertiary/aromatic N) is 1. The second kappa shape index (κ2) is 8.58. The van der Waals surface area contributed by atoms with E-state index in [1.807, 2.05) is 36.4 Å². The summed E-state index contributed by atoms with van der Waals surface area (Å²) in [6.45, 7) is 1.47. The molecular formula is C20H24N2O4. The van der Waals surface area contributed by atoms with Gasteiger partial charge in [-0.15, -0.1) is 0 Å². The fraction of sp³-hybridized carbons (Fsp3) is 0.350. The van der Waals surface area contributed by atoms with Crippen LogP contribution in [0.25, 0.3) is 0 Å². The first-order valence-electron chi connectivity index (χ1n) is 8.52. The molecule has 2 aromatic carbocycles. The Morgan fingerprint density at radius 2 is 1.88 bits per heavy atom. The van der Waals surface area contributed by atoms with E-state index in [0.717, 1.165) is 36.5 Å². The average molecular weight is 356 g/mol. The molecule has 1 aliphatic rings. The molecule has 0 aliphatic carbocycles. The maximum atomic E-state index is 5.56. The van der Waals surface area contributed by atoms with Crippen molar-refractivity contribution in [2.24, 2.45) is 5.16 Å². The van der Waals surface area contributed by atoms with Crippen LogP contribution in [0.3, 0.4) is 0 Å². The van der Waals surface area contributed by atoms with Crippen molar-refractivity contribution in [3.8, 4) is 17.2 Å². The van der Waals surface area contributed by atoms with E-state index in [2.05, 4.69) is 16.5 Å². The minimum absolute atomic E-state index is 0.0173. The predicted molar refractivity (Wildman–Crippen MR) is 100 cm³/mol. The molecule has 0 radical (unpaired) electrons. The molecule has 0 amide bonds. The van der Waals surface area contributed by atoms with Crippen LogP contribution in [0.1, 0.15) is 17.5 Å². The number of rotatable bonds is 8. The van der Waals surface area contributed by atoms with E-state index in [9.17, 15) is 0 Å². The quantitative estimate of drug-likeness (QED) is 0.788. The lowest BCUT2D eigenvalue weighted by Crippen LogP contribution is -2.26. The fourth-order valence-electron chi connectivity index (χ4n) is 2.88. The highest BCUT2D eigenvalue weighted by Gasteiger charge is 2.22. The third kappa shape index (κ3) is 4.26. The zero-order valence-electron chi connectivity index (χ0n) is 15.3. The highest BCUT2D eigenvalue weighted by atomic mass is 16.6. The zero-order chi connectivity index (χ0) is 18.4. The second-order valence-corrected chi connectivity index (χ2v) is 6.02.